The Hall–Kier alpha value is -1.73. The van der Waals surface area contributed by atoms with Crippen LogP contribution in [0.2, 0.25) is 0 Å². The monoisotopic (exact) mass is 420 g/mol. The molecule has 2 amide bonds. The van der Waals surface area contributed by atoms with Crippen molar-refractivity contribution in [1.82, 2.24) is 9.21 Å². The van der Waals surface area contributed by atoms with Crippen LogP contribution >= 0.6 is 0 Å². The van der Waals surface area contributed by atoms with E-state index < -0.39 is 10.0 Å². The molecule has 3 rings (SSSR count). The summed E-state index contributed by atoms with van der Waals surface area (Å²) >= 11 is 0. The van der Waals surface area contributed by atoms with E-state index in [4.69, 9.17) is 0 Å². The fraction of sp³-hybridized carbons (Fsp3) is 0.636. The van der Waals surface area contributed by atoms with E-state index in [9.17, 15) is 18.0 Å². The molecule has 0 spiro atoms. The van der Waals surface area contributed by atoms with Crippen molar-refractivity contribution in [3.63, 3.8) is 0 Å². The van der Waals surface area contributed by atoms with E-state index in [1.165, 1.54) is 9.21 Å². The lowest BCUT2D eigenvalue weighted by molar-refractivity contribution is -0.140. The lowest BCUT2D eigenvalue weighted by Gasteiger charge is -2.23. The molecular formula is C22H32N2O4S. The van der Waals surface area contributed by atoms with Gasteiger partial charge in [0.1, 0.15) is 0 Å². The number of sulfonamides is 1. The minimum absolute atomic E-state index is 0.0942. The Morgan fingerprint density at radius 1 is 1.00 bits per heavy atom. The molecule has 1 aromatic carbocycles. The van der Waals surface area contributed by atoms with Gasteiger partial charge >= 0.3 is 0 Å². The Morgan fingerprint density at radius 3 is 2.07 bits per heavy atom. The average molecular weight is 421 g/mol. The van der Waals surface area contributed by atoms with Gasteiger partial charge in [0.2, 0.25) is 21.8 Å². The normalized spacial score (nSPS) is 22.4. The van der Waals surface area contributed by atoms with Crippen LogP contribution < -0.4 is 0 Å². The van der Waals surface area contributed by atoms with Crippen molar-refractivity contribution >= 4 is 21.8 Å². The molecule has 0 N–H and O–H groups in total. The first-order valence-electron chi connectivity index (χ1n) is 10.8. The molecule has 160 valence electrons. The zero-order valence-corrected chi connectivity index (χ0v) is 18.5. The number of nitrogens with zero attached hydrogens (tertiary/aromatic N) is 2. The van der Waals surface area contributed by atoms with Gasteiger partial charge in [0.25, 0.3) is 0 Å². The molecule has 2 aliphatic rings. The van der Waals surface area contributed by atoms with Gasteiger partial charge in [0.05, 0.1) is 23.3 Å². The summed E-state index contributed by atoms with van der Waals surface area (Å²) in [7, 11) is -3.62. The van der Waals surface area contributed by atoms with Gasteiger partial charge in [-0.2, -0.15) is 4.31 Å². The third-order valence-corrected chi connectivity index (χ3v) is 8.13. The molecule has 0 radical (unpaired) electrons. The van der Waals surface area contributed by atoms with Crippen LogP contribution in [0.1, 0.15) is 63.5 Å². The molecule has 7 heteroatoms. The topological polar surface area (TPSA) is 74.8 Å². The van der Waals surface area contributed by atoms with E-state index in [2.05, 4.69) is 0 Å². The summed E-state index contributed by atoms with van der Waals surface area (Å²) in [4.78, 5) is 27.1. The van der Waals surface area contributed by atoms with Crippen LogP contribution in [0.15, 0.2) is 23.1 Å². The lowest BCUT2D eigenvalue weighted by atomic mass is 9.81. The van der Waals surface area contributed by atoms with Crippen LogP contribution in [-0.2, 0) is 26.2 Å². The fourth-order valence-electron chi connectivity index (χ4n) is 4.58. The third-order valence-electron chi connectivity index (χ3n) is 6.09. The fourth-order valence-corrected chi connectivity index (χ4v) is 6.48. The quantitative estimate of drug-likeness (QED) is 0.604. The number of likely N-dealkylation sites (tertiary alicyclic amines) is 1. The van der Waals surface area contributed by atoms with E-state index in [0.29, 0.717) is 24.2 Å². The second kappa shape index (κ2) is 8.96. The van der Waals surface area contributed by atoms with Gasteiger partial charge in [-0.05, 0) is 49.8 Å². The maximum atomic E-state index is 13.2. The second-order valence-electron chi connectivity index (χ2n) is 8.26. The summed E-state index contributed by atoms with van der Waals surface area (Å²) in [6.45, 7) is 6.82. The van der Waals surface area contributed by atoms with Crippen molar-refractivity contribution in [3.8, 4) is 0 Å². The van der Waals surface area contributed by atoms with Crippen molar-refractivity contribution in [1.29, 1.82) is 0 Å². The minimum atomic E-state index is -3.62. The maximum absolute atomic E-state index is 13.2. The van der Waals surface area contributed by atoms with Gasteiger partial charge in [-0.1, -0.05) is 38.8 Å². The maximum Gasteiger partial charge on any atom is 0.243 e. The Morgan fingerprint density at radius 2 is 1.55 bits per heavy atom. The molecule has 1 heterocycles. The average Bonchev–Trinajstić information content (AvgIpc) is 2.94. The molecule has 1 aromatic rings. The van der Waals surface area contributed by atoms with E-state index in [1.54, 1.807) is 19.1 Å². The number of hydrogen-bond donors (Lipinski definition) is 0. The number of hydrogen-bond acceptors (Lipinski definition) is 4. The van der Waals surface area contributed by atoms with Crippen LogP contribution in [0, 0.1) is 18.8 Å². The smallest absolute Gasteiger partial charge is 0.243 e. The number of aryl methyl sites for hydroxylation is 1. The van der Waals surface area contributed by atoms with Crippen LogP contribution in [0.3, 0.4) is 0 Å². The van der Waals surface area contributed by atoms with E-state index in [-0.39, 0.29) is 35.1 Å². The molecule has 6 nitrogen and oxygen atoms in total. The summed E-state index contributed by atoms with van der Waals surface area (Å²) in [6.07, 6.45) is 5.04. The van der Waals surface area contributed by atoms with Gasteiger partial charge < -0.3 is 0 Å². The number of carbonyl (C=O) groups excluding carboxylic acids is 2. The highest BCUT2D eigenvalue weighted by Crippen LogP contribution is 2.38. The molecule has 0 unspecified atom stereocenters. The highest BCUT2D eigenvalue weighted by molar-refractivity contribution is 7.89. The lowest BCUT2D eigenvalue weighted by Crippen LogP contribution is -2.33. The van der Waals surface area contributed by atoms with Gasteiger partial charge in [-0.25, -0.2) is 8.42 Å². The number of imide groups is 1. The van der Waals surface area contributed by atoms with Gasteiger partial charge in [0.15, 0.2) is 0 Å². The second-order valence-corrected chi connectivity index (χ2v) is 10.2. The molecule has 0 bridgehead atoms. The summed E-state index contributed by atoms with van der Waals surface area (Å²) in [5.41, 5.74) is 1.36. The number of fused-ring (bicyclic) bond motifs is 1. The summed E-state index contributed by atoms with van der Waals surface area (Å²) in [5.74, 6) is -0.560. The van der Waals surface area contributed by atoms with Crippen LogP contribution in [0.5, 0.6) is 0 Å². The van der Waals surface area contributed by atoms with Crippen molar-refractivity contribution in [2.45, 2.75) is 70.7 Å². The van der Waals surface area contributed by atoms with Crippen molar-refractivity contribution < 1.29 is 18.0 Å². The molecule has 1 aliphatic heterocycles. The first-order valence-corrected chi connectivity index (χ1v) is 12.2. The minimum Gasteiger partial charge on any atom is -0.278 e. The van der Waals surface area contributed by atoms with E-state index in [1.807, 2.05) is 19.9 Å². The third kappa shape index (κ3) is 4.26. The summed E-state index contributed by atoms with van der Waals surface area (Å²) in [5, 5.41) is 0. The summed E-state index contributed by atoms with van der Waals surface area (Å²) < 4.78 is 28.0. The zero-order valence-electron chi connectivity index (χ0n) is 17.7. The van der Waals surface area contributed by atoms with E-state index in [0.717, 1.165) is 38.5 Å². The van der Waals surface area contributed by atoms with Crippen LogP contribution in [0.25, 0.3) is 0 Å². The molecule has 1 aliphatic carbocycles. The number of carbonyl (C=O) groups is 2. The van der Waals surface area contributed by atoms with Crippen LogP contribution in [-0.4, -0.2) is 42.5 Å². The van der Waals surface area contributed by atoms with E-state index >= 15 is 0 Å². The highest BCUT2D eigenvalue weighted by Gasteiger charge is 2.47. The Bertz CT molecular complexity index is 851. The van der Waals surface area contributed by atoms with Crippen LogP contribution in [0.4, 0.5) is 0 Å². The van der Waals surface area contributed by atoms with Gasteiger partial charge in [0, 0.05) is 13.1 Å². The standard InChI is InChI=1S/C22H32N2O4S/c1-4-12-23(13-5-2)29(27,28)20-14-17(11-10-16(20)3)15-24-21(25)18-8-6-7-9-19(18)22(24)26/h10-11,14,18-19H,4-9,12-13,15H2,1-3H3/t18-,19-/m1/s1. The largest absolute Gasteiger partial charge is 0.278 e. The molecule has 2 atom stereocenters. The first kappa shape index (κ1) is 22.0. The van der Waals surface area contributed by atoms with Crippen molar-refractivity contribution in [3.05, 3.63) is 29.3 Å². The molecule has 0 aromatic heterocycles. The number of amides is 2. The predicted octanol–water partition coefficient (Wildman–Crippen LogP) is 3.48. The SMILES string of the molecule is CCCN(CCC)S(=O)(=O)c1cc(CN2C(=O)[C@@H]3CCCC[C@H]3C2=O)ccc1C. The van der Waals surface area contributed by atoms with Gasteiger partial charge in [-0.15, -0.1) is 0 Å². The zero-order chi connectivity index (χ0) is 21.2. The number of rotatable bonds is 8. The van der Waals surface area contributed by atoms with Crippen molar-refractivity contribution in [2.24, 2.45) is 11.8 Å². The Labute approximate surface area is 174 Å². The molecule has 1 saturated carbocycles. The molecule has 2 fully saturated rings. The molecule has 1 saturated heterocycles. The molecule has 29 heavy (non-hydrogen) atoms. The Kier molecular flexibility index (Phi) is 6.79. The predicted molar refractivity (Wildman–Crippen MR) is 112 cm³/mol. The number of benzene rings is 1. The highest BCUT2D eigenvalue weighted by atomic mass is 32.2. The first-order chi connectivity index (χ1) is 13.8. The summed E-state index contributed by atoms with van der Waals surface area (Å²) in [6, 6.07) is 5.24. The van der Waals surface area contributed by atoms with Gasteiger partial charge in [-0.3, -0.25) is 14.5 Å². The molecular weight excluding hydrogens is 388 g/mol. The van der Waals surface area contributed by atoms with Crippen molar-refractivity contribution in [2.75, 3.05) is 13.1 Å². The Balaban J connectivity index is 1.87.